The number of hydrogen-bond acceptors (Lipinski definition) is 2. The van der Waals surface area contributed by atoms with Crippen molar-refractivity contribution in [3.63, 3.8) is 0 Å². The van der Waals surface area contributed by atoms with Crippen LogP contribution in [-0.4, -0.2) is 13.1 Å². The normalized spacial score (nSPS) is 10.0. The van der Waals surface area contributed by atoms with Crippen molar-refractivity contribution < 1.29 is 13.9 Å². The first-order valence-corrected chi connectivity index (χ1v) is 6.57. The number of carbonyl (C=O) groups excluding carboxylic acids is 1. The summed E-state index contributed by atoms with van der Waals surface area (Å²) in [7, 11) is 1.59. The van der Waals surface area contributed by atoms with Crippen LogP contribution in [0.5, 0.6) is 5.75 Å². The maximum atomic E-state index is 13.4. The van der Waals surface area contributed by atoms with Crippen LogP contribution in [0, 0.1) is 5.82 Å². The van der Waals surface area contributed by atoms with Crippen molar-refractivity contribution >= 4 is 6.03 Å². The third-order valence-corrected chi connectivity index (χ3v) is 2.98. The molecule has 0 spiro atoms. The highest BCUT2D eigenvalue weighted by Crippen LogP contribution is 2.12. The zero-order chi connectivity index (χ0) is 15.1. The molecular weight excluding hydrogens is 271 g/mol. The molecule has 0 saturated heterocycles. The van der Waals surface area contributed by atoms with Crippen LogP contribution < -0.4 is 15.4 Å². The number of methoxy groups -OCH3 is 1. The number of rotatable bonds is 5. The van der Waals surface area contributed by atoms with Gasteiger partial charge in [-0.05, 0) is 23.8 Å². The molecule has 0 radical (unpaired) electrons. The molecule has 0 aliphatic heterocycles. The minimum absolute atomic E-state index is 0.149. The van der Waals surface area contributed by atoms with Crippen LogP contribution in [0.1, 0.15) is 11.1 Å². The van der Waals surface area contributed by atoms with Gasteiger partial charge in [0.15, 0.2) is 0 Å². The smallest absolute Gasteiger partial charge is 0.315 e. The molecule has 0 saturated carbocycles. The van der Waals surface area contributed by atoms with E-state index < -0.39 is 0 Å². The Hall–Kier alpha value is -2.56. The van der Waals surface area contributed by atoms with Crippen LogP contribution in [-0.2, 0) is 13.1 Å². The lowest BCUT2D eigenvalue weighted by atomic mass is 10.2. The molecule has 0 atom stereocenters. The Morgan fingerprint density at radius 3 is 2.62 bits per heavy atom. The van der Waals surface area contributed by atoms with Gasteiger partial charge < -0.3 is 15.4 Å². The summed E-state index contributed by atoms with van der Waals surface area (Å²) in [6.45, 7) is 0.525. The number of halogens is 1. The van der Waals surface area contributed by atoms with E-state index in [2.05, 4.69) is 10.6 Å². The Labute approximate surface area is 122 Å². The Morgan fingerprint density at radius 2 is 1.86 bits per heavy atom. The highest BCUT2D eigenvalue weighted by molar-refractivity contribution is 5.73. The Bertz CT molecular complexity index is 617. The van der Waals surface area contributed by atoms with Gasteiger partial charge in [0.2, 0.25) is 0 Å². The molecule has 4 nitrogen and oxygen atoms in total. The lowest BCUT2D eigenvalue weighted by Crippen LogP contribution is -2.34. The fourth-order valence-corrected chi connectivity index (χ4v) is 1.84. The summed E-state index contributed by atoms with van der Waals surface area (Å²) in [6, 6.07) is 13.4. The van der Waals surface area contributed by atoms with Gasteiger partial charge >= 0.3 is 6.03 Å². The van der Waals surface area contributed by atoms with E-state index in [1.165, 1.54) is 6.07 Å². The molecule has 5 heteroatoms. The number of benzene rings is 2. The molecule has 0 unspecified atom stereocenters. The van der Waals surface area contributed by atoms with E-state index in [0.717, 1.165) is 11.3 Å². The van der Waals surface area contributed by atoms with E-state index in [1.54, 1.807) is 25.3 Å². The van der Waals surface area contributed by atoms with E-state index >= 15 is 0 Å². The zero-order valence-corrected chi connectivity index (χ0v) is 11.7. The Balaban J connectivity index is 1.81. The maximum Gasteiger partial charge on any atom is 0.315 e. The molecule has 2 amide bonds. The molecular formula is C16H17FN2O2. The van der Waals surface area contributed by atoms with Gasteiger partial charge in [0, 0.05) is 18.7 Å². The molecule has 2 aromatic carbocycles. The molecule has 2 aromatic rings. The molecule has 21 heavy (non-hydrogen) atoms. The van der Waals surface area contributed by atoms with Crippen LogP contribution in [0.3, 0.4) is 0 Å². The van der Waals surface area contributed by atoms with Crippen LogP contribution in [0.4, 0.5) is 9.18 Å². The summed E-state index contributed by atoms with van der Waals surface area (Å²) in [5, 5.41) is 5.33. The van der Waals surface area contributed by atoms with Gasteiger partial charge in [0.25, 0.3) is 0 Å². The molecule has 0 aliphatic carbocycles. The number of hydrogen-bond donors (Lipinski definition) is 2. The quantitative estimate of drug-likeness (QED) is 0.889. The predicted molar refractivity (Wildman–Crippen MR) is 78.5 cm³/mol. The summed E-state index contributed by atoms with van der Waals surface area (Å²) in [5.74, 6) is 0.409. The van der Waals surface area contributed by atoms with E-state index in [4.69, 9.17) is 4.74 Å². The topological polar surface area (TPSA) is 50.4 Å². The highest BCUT2D eigenvalue weighted by atomic mass is 19.1. The lowest BCUT2D eigenvalue weighted by molar-refractivity contribution is 0.240. The fourth-order valence-electron chi connectivity index (χ4n) is 1.84. The van der Waals surface area contributed by atoms with Crippen molar-refractivity contribution in [2.75, 3.05) is 7.11 Å². The van der Waals surface area contributed by atoms with Gasteiger partial charge in [0.05, 0.1) is 7.11 Å². The van der Waals surface area contributed by atoms with E-state index in [-0.39, 0.29) is 18.4 Å². The molecule has 0 aromatic heterocycles. The highest BCUT2D eigenvalue weighted by Gasteiger charge is 2.04. The van der Waals surface area contributed by atoms with Gasteiger partial charge in [-0.25, -0.2) is 9.18 Å². The summed E-state index contributed by atoms with van der Waals surface area (Å²) in [4.78, 5) is 11.7. The van der Waals surface area contributed by atoms with Crippen LogP contribution in [0.25, 0.3) is 0 Å². The SMILES string of the molecule is COc1cccc(CNC(=O)NCc2ccccc2F)c1. The average molecular weight is 288 g/mol. The molecule has 0 aliphatic rings. The number of carbonyl (C=O) groups is 1. The van der Waals surface area contributed by atoms with Gasteiger partial charge in [0.1, 0.15) is 11.6 Å². The number of nitrogens with one attached hydrogen (secondary N) is 2. The third-order valence-electron chi connectivity index (χ3n) is 2.98. The van der Waals surface area contributed by atoms with Crippen LogP contribution in [0.15, 0.2) is 48.5 Å². The van der Waals surface area contributed by atoms with Crippen molar-refractivity contribution in [1.82, 2.24) is 10.6 Å². The van der Waals surface area contributed by atoms with Crippen LogP contribution >= 0.6 is 0 Å². The second-order valence-corrected chi connectivity index (χ2v) is 4.48. The van der Waals surface area contributed by atoms with Crippen molar-refractivity contribution in [3.8, 4) is 5.75 Å². The molecule has 0 heterocycles. The first-order valence-electron chi connectivity index (χ1n) is 6.57. The van der Waals surface area contributed by atoms with Crippen molar-refractivity contribution in [2.45, 2.75) is 13.1 Å². The monoisotopic (exact) mass is 288 g/mol. The predicted octanol–water partition coefficient (Wildman–Crippen LogP) is 2.83. The summed E-state index contributed by atoms with van der Waals surface area (Å²) in [6.07, 6.45) is 0. The first-order chi connectivity index (χ1) is 10.2. The molecule has 0 fully saturated rings. The number of ether oxygens (including phenoxy) is 1. The minimum atomic E-state index is -0.346. The standard InChI is InChI=1S/C16H17FN2O2/c1-21-14-7-4-5-12(9-14)10-18-16(20)19-11-13-6-2-3-8-15(13)17/h2-9H,10-11H2,1H3,(H2,18,19,20). The third kappa shape index (κ3) is 4.49. The summed E-state index contributed by atoms with van der Waals surface area (Å²) >= 11 is 0. The Kier molecular flexibility index (Phi) is 5.15. The van der Waals surface area contributed by atoms with E-state index in [0.29, 0.717) is 12.1 Å². The summed E-state index contributed by atoms with van der Waals surface area (Å²) in [5.41, 5.74) is 1.38. The molecule has 110 valence electrons. The maximum absolute atomic E-state index is 13.4. The second kappa shape index (κ2) is 7.28. The average Bonchev–Trinajstić information content (AvgIpc) is 2.52. The first kappa shape index (κ1) is 14.8. The van der Waals surface area contributed by atoms with E-state index in [1.807, 2.05) is 24.3 Å². The van der Waals surface area contributed by atoms with Gasteiger partial charge in [-0.1, -0.05) is 30.3 Å². The van der Waals surface area contributed by atoms with E-state index in [9.17, 15) is 9.18 Å². The lowest BCUT2D eigenvalue weighted by Gasteiger charge is -2.09. The molecule has 0 bridgehead atoms. The fraction of sp³-hybridized carbons (Fsp3) is 0.188. The molecule has 2 rings (SSSR count). The largest absolute Gasteiger partial charge is 0.497 e. The second-order valence-electron chi connectivity index (χ2n) is 4.48. The minimum Gasteiger partial charge on any atom is -0.497 e. The van der Waals surface area contributed by atoms with Gasteiger partial charge in [-0.2, -0.15) is 0 Å². The van der Waals surface area contributed by atoms with Crippen molar-refractivity contribution in [2.24, 2.45) is 0 Å². The molecule has 2 N–H and O–H groups in total. The van der Waals surface area contributed by atoms with Crippen LogP contribution in [0.2, 0.25) is 0 Å². The number of amides is 2. The zero-order valence-electron chi connectivity index (χ0n) is 11.7. The van der Waals surface area contributed by atoms with Crippen molar-refractivity contribution in [1.29, 1.82) is 0 Å². The van der Waals surface area contributed by atoms with Gasteiger partial charge in [-0.3, -0.25) is 0 Å². The summed E-state index contributed by atoms with van der Waals surface area (Å²) < 4.78 is 18.5. The van der Waals surface area contributed by atoms with Gasteiger partial charge in [-0.15, -0.1) is 0 Å². The Morgan fingerprint density at radius 1 is 1.10 bits per heavy atom. The number of urea groups is 1. The van der Waals surface area contributed by atoms with Crippen molar-refractivity contribution in [3.05, 3.63) is 65.5 Å².